The third kappa shape index (κ3) is 3.50. The van der Waals surface area contributed by atoms with Crippen LogP contribution in [0.4, 0.5) is 5.69 Å². The quantitative estimate of drug-likeness (QED) is 0.750. The van der Waals surface area contributed by atoms with E-state index in [-0.39, 0.29) is 28.9 Å². The molecule has 1 N–H and O–H groups in total. The highest BCUT2D eigenvalue weighted by atomic mass is 35.5. The Kier molecular flexibility index (Phi) is 5.03. The van der Waals surface area contributed by atoms with Gasteiger partial charge in [0.15, 0.2) is 0 Å². The normalized spacial score (nSPS) is 26.2. The largest absolute Gasteiger partial charge is 0.379 e. The minimum atomic E-state index is -3.78. The van der Waals surface area contributed by atoms with E-state index in [1.54, 1.807) is 6.92 Å². The van der Waals surface area contributed by atoms with E-state index in [0.717, 1.165) is 0 Å². The van der Waals surface area contributed by atoms with E-state index in [1.807, 2.05) is 0 Å². The summed E-state index contributed by atoms with van der Waals surface area (Å²) in [5.74, 6) is -0.366. The number of sulfonamides is 1. The molecule has 1 aliphatic carbocycles. The van der Waals surface area contributed by atoms with Crippen LogP contribution in [-0.2, 0) is 19.6 Å². The number of nitrogens with one attached hydrogen (secondary N) is 1. The number of rotatable bonds is 4. The summed E-state index contributed by atoms with van der Waals surface area (Å²) in [6.07, 6.45) is 0.335. The van der Waals surface area contributed by atoms with E-state index < -0.39 is 19.8 Å². The molecule has 1 aromatic rings. The molecule has 0 spiro atoms. The molecule has 2 aliphatic rings. The maximum atomic E-state index is 12.8. The predicted octanol–water partition coefficient (Wildman–Crippen LogP) is 2.88. The second kappa shape index (κ2) is 6.55. The third-order valence-electron chi connectivity index (χ3n) is 4.54. The molecule has 1 aromatic carbocycles. The molecule has 1 saturated heterocycles. The second-order valence-corrected chi connectivity index (χ2v) is 10.1. The zero-order chi connectivity index (χ0) is 18.5. The summed E-state index contributed by atoms with van der Waals surface area (Å²) in [5.41, 5.74) is -0.586. The van der Waals surface area contributed by atoms with Gasteiger partial charge in [-0.05, 0) is 31.5 Å². The van der Waals surface area contributed by atoms with E-state index in [2.05, 4.69) is 5.32 Å². The molecule has 138 valence electrons. The van der Waals surface area contributed by atoms with Gasteiger partial charge in [0.1, 0.15) is 9.23 Å². The van der Waals surface area contributed by atoms with Crippen molar-refractivity contribution >= 4 is 56.4 Å². The molecular formula is C15H17Cl3N2O4S. The topological polar surface area (TPSA) is 75.7 Å². The lowest BCUT2D eigenvalue weighted by atomic mass is 10.1. The molecule has 6 nitrogen and oxygen atoms in total. The van der Waals surface area contributed by atoms with Crippen LogP contribution in [0.2, 0.25) is 5.02 Å². The number of benzene rings is 1. The maximum Gasteiger partial charge on any atom is 0.244 e. The minimum absolute atomic E-state index is 0.0576. The van der Waals surface area contributed by atoms with Crippen molar-refractivity contribution in [3.8, 4) is 0 Å². The molecule has 0 bridgehead atoms. The van der Waals surface area contributed by atoms with E-state index in [1.165, 1.54) is 22.5 Å². The van der Waals surface area contributed by atoms with Gasteiger partial charge in [0.25, 0.3) is 0 Å². The number of hydrogen-bond acceptors (Lipinski definition) is 4. The summed E-state index contributed by atoms with van der Waals surface area (Å²) in [7, 11) is -3.78. The number of anilines is 1. The van der Waals surface area contributed by atoms with Gasteiger partial charge >= 0.3 is 0 Å². The smallest absolute Gasteiger partial charge is 0.244 e. The van der Waals surface area contributed by atoms with Crippen LogP contribution in [-0.4, -0.2) is 49.3 Å². The average molecular weight is 428 g/mol. The van der Waals surface area contributed by atoms with Crippen molar-refractivity contribution in [2.24, 2.45) is 5.41 Å². The van der Waals surface area contributed by atoms with Crippen molar-refractivity contribution in [1.82, 2.24) is 4.31 Å². The lowest BCUT2D eigenvalue weighted by molar-refractivity contribution is -0.120. The summed E-state index contributed by atoms with van der Waals surface area (Å²) in [5, 5.41) is 2.76. The molecule has 1 saturated carbocycles. The number of amides is 1. The number of ether oxygens (including phenoxy) is 1. The van der Waals surface area contributed by atoms with Crippen molar-refractivity contribution in [2.75, 3.05) is 31.6 Å². The highest BCUT2D eigenvalue weighted by molar-refractivity contribution is 7.89. The summed E-state index contributed by atoms with van der Waals surface area (Å²) in [6, 6.07) is 4.32. The van der Waals surface area contributed by atoms with Gasteiger partial charge in [-0.1, -0.05) is 11.6 Å². The van der Waals surface area contributed by atoms with Gasteiger partial charge in [0, 0.05) is 18.8 Å². The maximum absolute atomic E-state index is 12.8. The Balaban J connectivity index is 1.85. The number of carbonyl (C=O) groups is 1. The Hall–Kier alpha value is -0.570. The van der Waals surface area contributed by atoms with E-state index in [0.29, 0.717) is 25.3 Å². The van der Waals surface area contributed by atoms with Crippen LogP contribution in [0.25, 0.3) is 0 Å². The van der Waals surface area contributed by atoms with Gasteiger partial charge in [-0.3, -0.25) is 4.79 Å². The molecule has 1 aliphatic heterocycles. The summed E-state index contributed by atoms with van der Waals surface area (Å²) >= 11 is 18.1. The van der Waals surface area contributed by atoms with Crippen LogP contribution >= 0.6 is 34.8 Å². The average Bonchev–Trinajstić information content (AvgIpc) is 3.09. The first-order chi connectivity index (χ1) is 11.6. The van der Waals surface area contributed by atoms with Gasteiger partial charge < -0.3 is 10.1 Å². The Morgan fingerprint density at radius 3 is 2.44 bits per heavy atom. The molecule has 0 radical (unpaired) electrons. The Labute approximate surface area is 161 Å². The van der Waals surface area contributed by atoms with Crippen molar-refractivity contribution in [3.05, 3.63) is 23.2 Å². The van der Waals surface area contributed by atoms with Gasteiger partial charge in [-0.15, -0.1) is 23.2 Å². The summed E-state index contributed by atoms with van der Waals surface area (Å²) < 4.78 is 31.0. The summed E-state index contributed by atoms with van der Waals surface area (Å²) in [4.78, 5) is 12.3. The molecule has 1 amide bonds. The van der Waals surface area contributed by atoms with E-state index >= 15 is 0 Å². The third-order valence-corrected chi connectivity index (χ3v) is 8.02. The zero-order valence-electron chi connectivity index (χ0n) is 13.4. The fraction of sp³-hybridized carbons (Fsp3) is 0.533. The number of nitrogens with zero attached hydrogens (tertiary/aromatic N) is 1. The molecule has 2 fully saturated rings. The fourth-order valence-electron chi connectivity index (χ4n) is 2.62. The SMILES string of the molecule is CC1(C(=O)Nc2ccc(Cl)c(S(=O)(=O)N3CCOCC3)c2)CC1(Cl)Cl. The predicted molar refractivity (Wildman–Crippen MR) is 96.8 cm³/mol. The first-order valence-corrected chi connectivity index (χ1v) is 10.2. The molecule has 0 aromatic heterocycles. The van der Waals surface area contributed by atoms with Crippen molar-refractivity contribution in [1.29, 1.82) is 0 Å². The first-order valence-electron chi connectivity index (χ1n) is 7.65. The molecule has 10 heteroatoms. The molecular weight excluding hydrogens is 411 g/mol. The lowest BCUT2D eigenvalue weighted by Crippen LogP contribution is -2.40. The Bertz CT molecular complexity index is 809. The van der Waals surface area contributed by atoms with Gasteiger partial charge in [0.2, 0.25) is 15.9 Å². The fourth-order valence-corrected chi connectivity index (χ4v) is 5.23. The monoisotopic (exact) mass is 426 g/mol. The van der Waals surface area contributed by atoms with Gasteiger partial charge in [0.05, 0.1) is 23.7 Å². The number of halogens is 3. The zero-order valence-corrected chi connectivity index (χ0v) is 16.5. The van der Waals surface area contributed by atoms with E-state index in [4.69, 9.17) is 39.5 Å². The number of carbonyl (C=O) groups excluding carboxylic acids is 1. The second-order valence-electron chi connectivity index (χ2n) is 6.33. The molecule has 3 rings (SSSR count). The highest BCUT2D eigenvalue weighted by Crippen LogP contribution is 2.64. The van der Waals surface area contributed by atoms with Crippen LogP contribution in [0.15, 0.2) is 23.1 Å². The minimum Gasteiger partial charge on any atom is -0.379 e. The van der Waals surface area contributed by atoms with Gasteiger partial charge in [-0.25, -0.2) is 8.42 Å². The van der Waals surface area contributed by atoms with Crippen LogP contribution in [0, 0.1) is 5.41 Å². The Morgan fingerprint density at radius 1 is 1.28 bits per heavy atom. The molecule has 1 atom stereocenters. The van der Waals surface area contributed by atoms with Crippen LogP contribution in [0.3, 0.4) is 0 Å². The molecule has 1 unspecified atom stereocenters. The van der Waals surface area contributed by atoms with Crippen LogP contribution < -0.4 is 5.32 Å². The summed E-state index contributed by atoms with van der Waals surface area (Å²) in [6.45, 7) is 2.84. The van der Waals surface area contributed by atoms with E-state index in [9.17, 15) is 13.2 Å². The number of hydrogen-bond donors (Lipinski definition) is 1. The number of morpholine rings is 1. The van der Waals surface area contributed by atoms with Crippen molar-refractivity contribution < 1.29 is 17.9 Å². The Morgan fingerprint density at radius 2 is 1.88 bits per heavy atom. The van der Waals surface area contributed by atoms with Crippen LogP contribution in [0.5, 0.6) is 0 Å². The molecule has 25 heavy (non-hydrogen) atoms. The first kappa shape index (κ1) is 19.2. The van der Waals surface area contributed by atoms with Crippen molar-refractivity contribution in [2.45, 2.75) is 22.6 Å². The van der Waals surface area contributed by atoms with Crippen molar-refractivity contribution in [3.63, 3.8) is 0 Å². The molecule has 1 heterocycles. The highest BCUT2D eigenvalue weighted by Gasteiger charge is 2.67. The lowest BCUT2D eigenvalue weighted by Gasteiger charge is -2.26. The standard InChI is InChI=1S/C15H17Cl3N2O4S/c1-14(9-15(14,17)18)13(21)19-10-2-3-11(16)12(8-10)25(22,23)20-4-6-24-7-5-20/h2-3,8H,4-7,9H2,1H3,(H,19,21). The van der Waals surface area contributed by atoms with Crippen LogP contribution in [0.1, 0.15) is 13.3 Å². The number of alkyl halides is 2. The van der Waals surface area contributed by atoms with Gasteiger partial charge in [-0.2, -0.15) is 4.31 Å².